The Hall–Kier alpha value is -3.29. The van der Waals surface area contributed by atoms with E-state index in [2.05, 4.69) is 5.32 Å². The number of benzene rings is 2. The third-order valence-electron chi connectivity index (χ3n) is 3.34. The van der Waals surface area contributed by atoms with Crippen molar-refractivity contribution in [2.45, 2.75) is 26.4 Å². The predicted octanol–water partition coefficient (Wildman–Crippen LogP) is 4.35. The quantitative estimate of drug-likeness (QED) is 0.605. The number of hydrogen-bond donors (Lipinski definition) is 1. The number of carbonyl (C=O) groups is 3. The van der Waals surface area contributed by atoms with Gasteiger partial charge in [-0.3, -0.25) is 10.1 Å². The van der Waals surface area contributed by atoms with E-state index in [1.54, 1.807) is 20.8 Å². The molecule has 8 heteroatoms. The normalized spacial score (nSPS) is 10.9. The molecule has 2 rings (SSSR count). The number of ether oxygens (including phenoxy) is 2. The lowest BCUT2D eigenvalue weighted by Gasteiger charge is -2.19. The van der Waals surface area contributed by atoms with Gasteiger partial charge in [-0.25, -0.2) is 18.4 Å². The van der Waals surface area contributed by atoms with E-state index in [9.17, 15) is 23.2 Å². The first kappa shape index (κ1) is 21.0. The van der Waals surface area contributed by atoms with Crippen molar-refractivity contribution in [1.29, 1.82) is 0 Å². The molecule has 0 saturated heterocycles. The Morgan fingerprint density at radius 1 is 0.929 bits per heavy atom. The summed E-state index contributed by atoms with van der Waals surface area (Å²) >= 11 is 0. The highest BCUT2D eigenvalue weighted by molar-refractivity contribution is 5.99. The van der Waals surface area contributed by atoms with Crippen molar-refractivity contribution in [3.8, 4) is 0 Å². The lowest BCUT2D eigenvalue weighted by atomic mass is 10.1. The van der Waals surface area contributed by atoms with Crippen LogP contribution in [0.2, 0.25) is 0 Å². The molecule has 0 aliphatic heterocycles. The molecule has 0 heterocycles. The molecule has 0 atom stereocenters. The van der Waals surface area contributed by atoms with E-state index in [0.29, 0.717) is 5.69 Å². The molecule has 0 fully saturated rings. The average molecular weight is 391 g/mol. The van der Waals surface area contributed by atoms with Crippen LogP contribution in [0, 0.1) is 11.6 Å². The fourth-order valence-electron chi connectivity index (χ4n) is 2.08. The molecule has 0 saturated carbocycles. The molecule has 1 N–H and O–H groups in total. The molecule has 2 aromatic rings. The Balaban J connectivity index is 1.91. The minimum Gasteiger partial charge on any atom is -0.454 e. The van der Waals surface area contributed by atoms with Gasteiger partial charge in [0.1, 0.15) is 5.60 Å². The van der Waals surface area contributed by atoms with Gasteiger partial charge in [-0.05, 0) is 63.2 Å². The first-order chi connectivity index (χ1) is 13.0. The fraction of sp³-hybridized carbons (Fsp3) is 0.250. The Kier molecular flexibility index (Phi) is 6.45. The summed E-state index contributed by atoms with van der Waals surface area (Å²) in [5, 5.41) is 2.51. The summed E-state index contributed by atoms with van der Waals surface area (Å²) in [7, 11) is 0. The van der Waals surface area contributed by atoms with Crippen LogP contribution in [0.3, 0.4) is 0 Å². The highest BCUT2D eigenvalue weighted by Gasteiger charge is 2.17. The minimum absolute atomic E-state index is 0.108. The van der Waals surface area contributed by atoms with Crippen LogP contribution in [-0.2, 0) is 9.47 Å². The van der Waals surface area contributed by atoms with Gasteiger partial charge in [0.15, 0.2) is 24.0 Å². The van der Waals surface area contributed by atoms with Crippen LogP contribution >= 0.6 is 0 Å². The van der Waals surface area contributed by atoms with Crippen LogP contribution in [0.1, 0.15) is 41.5 Å². The number of hydrogen-bond acceptors (Lipinski definition) is 5. The summed E-state index contributed by atoms with van der Waals surface area (Å²) in [6.45, 7) is 4.57. The van der Waals surface area contributed by atoms with E-state index in [0.717, 1.165) is 18.2 Å². The number of anilines is 1. The number of halogens is 2. The van der Waals surface area contributed by atoms with E-state index in [-0.39, 0.29) is 11.1 Å². The van der Waals surface area contributed by atoms with Gasteiger partial charge in [0.25, 0.3) is 0 Å². The molecule has 0 radical (unpaired) electrons. The predicted molar refractivity (Wildman–Crippen MR) is 97.3 cm³/mol. The highest BCUT2D eigenvalue weighted by Crippen LogP contribution is 2.14. The van der Waals surface area contributed by atoms with Gasteiger partial charge in [-0.1, -0.05) is 0 Å². The number of nitrogens with one attached hydrogen (secondary N) is 1. The fourth-order valence-corrected chi connectivity index (χ4v) is 2.08. The zero-order valence-electron chi connectivity index (χ0n) is 15.5. The second kappa shape index (κ2) is 8.60. The van der Waals surface area contributed by atoms with Crippen LogP contribution < -0.4 is 5.32 Å². The van der Waals surface area contributed by atoms with Gasteiger partial charge in [-0.2, -0.15) is 0 Å². The van der Waals surface area contributed by atoms with E-state index < -0.39 is 41.7 Å². The van der Waals surface area contributed by atoms with Crippen molar-refractivity contribution in [2.75, 3.05) is 11.9 Å². The summed E-state index contributed by atoms with van der Waals surface area (Å²) in [5.41, 5.74) is -0.200. The molecule has 0 bridgehead atoms. The zero-order chi connectivity index (χ0) is 20.9. The number of ketones is 1. The number of esters is 1. The monoisotopic (exact) mass is 391 g/mol. The molecule has 0 unspecified atom stereocenters. The van der Waals surface area contributed by atoms with Gasteiger partial charge in [0.05, 0.1) is 5.56 Å². The molecule has 0 aromatic heterocycles. The van der Waals surface area contributed by atoms with E-state index in [4.69, 9.17) is 9.47 Å². The number of carbonyl (C=O) groups excluding carboxylic acids is 3. The molecule has 1 amide bonds. The van der Waals surface area contributed by atoms with Gasteiger partial charge in [0.2, 0.25) is 0 Å². The van der Waals surface area contributed by atoms with Crippen LogP contribution in [0.15, 0.2) is 42.5 Å². The zero-order valence-corrected chi connectivity index (χ0v) is 15.5. The lowest BCUT2D eigenvalue weighted by Crippen LogP contribution is -2.27. The number of amides is 1. The second-order valence-corrected chi connectivity index (χ2v) is 6.83. The molecule has 0 aliphatic carbocycles. The molecule has 28 heavy (non-hydrogen) atoms. The summed E-state index contributed by atoms with van der Waals surface area (Å²) in [6.07, 6.45) is -0.639. The molecular weight excluding hydrogens is 372 g/mol. The van der Waals surface area contributed by atoms with Crippen molar-refractivity contribution in [1.82, 2.24) is 0 Å². The van der Waals surface area contributed by atoms with Crippen LogP contribution in [0.5, 0.6) is 0 Å². The van der Waals surface area contributed by atoms with E-state index >= 15 is 0 Å². The van der Waals surface area contributed by atoms with Crippen LogP contribution in [0.4, 0.5) is 19.3 Å². The maximum absolute atomic E-state index is 13.1. The Morgan fingerprint density at radius 3 is 2.11 bits per heavy atom. The molecular formula is C20H19F2NO5. The standard InChI is InChI=1S/C20H19F2NO5/c1-20(2,3)28-19(26)23-14-7-4-12(5-8-14)18(25)27-11-17(24)13-6-9-15(21)16(22)10-13/h4-10H,11H2,1-3H3,(H,23,26). The van der Waals surface area contributed by atoms with Crippen molar-refractivity contribution >= 4 is 23.5 Å². The first-order valence-corrected chi connectivity index (χ1v) is 8.30. The number of rotatable bonds is 5. The van der Waals surface area contributed by atoms with Crippen molar-refractivity contribution in [2.24, 2.45) is 0 Å². The molecule has 0 aliphatic rings. The minimum atomic E-state index is -1.16. The Bertz CT molecular complexity index is 888. The van der Waals surface area contributed by atoms with Crippen LogP contribution in [0.25, 0.3) is 0 Å². The Morgan fingerprint density at radius 2 is 1.54 bits per heavy atom. The molecule has 2 aromatic carbocycles. The van der Waals surface area contributed by atoms with Crippen molar-refractivity contribution in [3.63, 3.8) is 0 Å². The largest absolute Gasteiger partial charge is 0.454 e. The second-order valence-electron chi connectivity index (χ2n) is 6.83. The lowest BCUT2D eigenvalue weighted by molar-refractivity contribution is 0.0474. The van der Waals surface area contributed by atoms with Crippen LogP contribution in [-0.4, -0.2) is 30.1 Å². The molecule has 0 spiro atoms. The highest BCUT2D eigenvalue weighted by atomic mass is 19.2. The maximum atomic E-state index is 13.1. The first-order valence-electron chi connectivity index (χ1n) is 8.30. The number of Topliss-reactive ketones (excluding diaryl/α,β-unsaturated/α-hetero) is 1. The molecule has 148 valence electrons. The van der Waals surface area contributed by atoms with E-state index in [1.807, 2.05) is 0 Å². The summed E-state index contributed by atoms with van der Waals surface area (Å²) < 4.78 is 36.0. The third kappa shape index (κ3) is 6.15. The van der Waals surface area contributed by atoms with Gasteiger partial charge in [0, 0.05) is 11.3 Å². The summed E-state index contributed by atoms with van der Waals surface area (Å²) in [5.74, 6) is -3.69. The SMILES string of the molecule is CC(C)(C)OC(=O)Nc1ccc(C(=O)OCC(=O)c2ccc(F)c(F)c2)cc1. The van der Waals surface area contributed by atoms with Gasteiger partial charge in [-0.15, -0.1) is 0 Å². The average Bonchev–Trinajstić information content (AvgIpc) is 2.60. The van der Waals surface area contributed by atoms with E-state index in [1.165, 1.54) is 24.3 Å². The van der Waals surface area contributed by atoms with Crippen molar-refractivity contribution < 1.29 is 32.6 Å². The van der Waals surface area contributed by atoms with Gasteiger partial charge < -0.3 is 9.47 Å². The molecule has 6 nitrogen and oxygen atoms in total. The smallest absolute Gasteiger partial charge is 0.412 e. The third-order valence-corrected chi connectivity index (χ3v) is 3.34. The Labute approximate surface area is 160 Å². The summed E-state index contributed by atoms with van der Waals surface area (Å²) in [6, 6.07) is 8.40. The maximum Gasteiger partial charge on any atom is 0.412 e. The summed E-state index contributed by atoms with van der Waals surface area (Å²) in [4.78, 5) is 35.6. The van der Waals surface area contributed by atoms with Crippen molar-refractivity contribution in [3.05, 3.63) is 65.2 Å². The van der Waals surface area contributed by atoms with Gasteiger partial charge >= 0.3 is 12.1 Å². The topological polar surface area (TPSA) is 81.7 Å².